The minimum absolute atomic E-state index is 0.116. The molecule has 2 rings (SSSR count). The van der Waals surface area contributed by atoms with Crippen molar-refractivity contribution in [1.82, 2.24) is 4.57 Å². The van der Waals surface area contributed by atoms with Crippen LogP contribution in [0.3, 0.4) is 0 Å². The highest BCUT2D eigenvalue weighted by Crippen LogP contribution is 2.28. The largest absolute Gasteiger partial charge is 0.496 e. The highest BCUT2D eigenvalue weighted by atomic mass is 16.5. The van der Waals surface area contributed by atoms with Gasteiger partial charge in [-0.25, -0.2) is 4.79 Å². The number of ether oxygens (including phenoxy) is 2. The first-order valence-electron chi connectivity index (χ1n) is 5.66. The summed E-state index contributed by atoms with van der Waals surface area (Å²) >= 11 is 0. The van der Waals surface area contributed by atoms with Gasteiger partial charge in [-0.3, -0.25) is 0 Å². The van der Waals surface area contributed by atoms with E-state index in [0.29, 0.717) is 18.0 Å². The number of carbonyl (C=O) groups is 1. The molecule has 2 aromatic rings. The molecule has 98 valence electrons. The molecule has 0 aliphatic heterocycles. The molecule has 0 bridgehead atoms. The molecular formula is C13H13N3O3. The van der Waals surface area contributed by atoms with Crippen molar-refractivity contribution in [2.45, 2.75) is 6.54 Å². The van der Waals surface area contributed by atoms with Crippen LogP contribution in [0.4, 0.5) is 4.79 Å². The van der Waals surface area contributed by atoms with E-state index in [0.717, 1.165) is 10.9 Å². The summed E-state index contributed by atoms with van der Waals surface area (Å²) in [7, 11) is 1.58. The average Bonchev–Trinajstić information content (AvgIpc) is 2.76. The van der Waals surface area contributed by atoms with Gasteiger partial charge in [0.1, 0.15) is 24.1 Å². The summed E-state index contributed by atoms with van der Waals surface area (Å²) in [6.07, 6.45) is -0.826. The van der Waals surface area contributed by atoms with E-state index in [2.05, 4.69) is 6.07 Å². The fourth-order valence-corrected chi connectivity index (χ4v) is 2.01. The highest BCUT2D eigenvalue weighted by Gasteiger charge is 2.11. The van der Waals surface area contributed by atoms with Crippen LogP contribution in [0.5, 0.6) is 5.75 Å². The van der Waals surface area contributed by atoms with E-state index < -0.39 is 6.09 Å². The fourth-order valence-electron chi connectivity index (χ4n) is 2.01. The summed E-state index contributed by atoms with van der Waals surface area (Å²) in [5.41, 5.74) is 6.24. The van der Waals surface area contributed by atoms with E-state index in [1.165, 1.54) is 0 Å². The van der Waals surface area contributed by atoms with E-state index in [1.54, 1.807) is 17.7 Å². The van der Waals surface area contributed by atoms with Gasteiger partial charge in [0.15, 0.2) is 0 Å². The Balaban J connectivity index is 2.41. The molecule has 0 atom stereocenters. The first-order valence-corrected chi connectivity index (χ1v) is 5.66. The number of rotatable bonds is 4. The lowest BCUT2D eigenvalue weighted by atomic mass is 10.2. The van der Waals surface area contributed by atoms with Crippen molar-refractivity contribution in [3.05, 3.63) is 30.0 Å². The van der Waals surface area contributed by atoms with Crippen molar-refractivity contribution in [1.29, 1.82) is 5.26 Å². The molecule has 0 radical (unpaired) electrons. The molecule has 0 saturated carbocycles. The van der Waals surface area contributed by atoms with Gasteiger partial charge >= 0.3 is 6.09 Å². The number of methoxy groups -OCH3 is 1. The number of nitrogens with zero attached hydrogens (tertiary/aromatic N) is 2. The summed E-state index contributed by atoms with van der Waals surface area (Å²) in [5, 5.41) is 10.00. The first-order chi connectivity index (χ1) is 9.17. The summed E-state index contributed by atoms with van der Waals surface area (Å²) in [6.45, 7) is 0.480. The summed E-state index contributed by atoms with van der Waals surface area (Å²) < 4.78 is 11.7. The van der Waals surface area contributed by atoms with Crippen LogP contribution in [-0.4, -0.2) is 24.4 Å². The molecule has 1 aromatic heterocycles. The number of hydrogen-bond acceptors (Lipinski definition) is 4. The van der Waals surface area contributed by atoms with E-state index in [1.807, 2.05) is 18.2 Å². The van der Waals surface area contributed by atoms with Crippen molar-refractivity contribution < 1.29 is 14.3 Å². The Kier molecular flexibility index (Phi) is 3.57. The maximum absolute atomic E-state index is 10.6. The topological polar surface area (TPSA) is 90.3 Å². The normalized spacial score (nSPS) is 10.1. The number of nitriles is 1. The number of amides is 1. The van der Waals surface area contributed by atoms with Crippen molar-refractivity contribution in [2.24, 2.45) is 5.73 Å². The fraction of sp³-hybridized carbons (Fsp3) is 0.231. The Hall–Kier alpha value is -2.68. The second kappa shape index (κ2) is 5.31. The molecular weight excluding hydrogens is 246 g/mol. The van der Waals surface area contributed by atoms with Crippen LogP contribution in [0.1, 0.15) is 5.69 Å². The third kappa shape index (κ3) is 2.45. The lowest BCUT2D eigenvalue weighted by Gasteiger charge is -2.07. The van der Waals surface area contributed by atoms with Gasteiger partial charge in [-0.1, -0.05) is 6.07 Å². The molecule has 19 heavy (non-hydrogen) atoms. The molecule has 0 aliphatic rings. The number of hydrogen-bond donors (Lipinski definition) is 1. The van der Waals surface area contributed by atoms with Crippen LogP contribution >= 0.6 is 0 Å². The maximum Gasteiger partial charge on any atom is 0.404 e. The van der Waals surface area contributed by atoms with Crippen LogP contribution in [0.15, 0.2) is 24.3 Å². The first kappa shape index (κ1) is 12.8. The number of primary amides is 1. The number of carbonyl (C=O) groups excluding carboxylic acids is 1. The quantitative estimate of drug-likeness (QED) is 0.903. The zero-order chi connectivity index (χ0) is 13.8. The Morgan fingerprint density at radius 1 is 1.53 bits per heavy atom. The second-order valence-corrected chi connectivity index (χ2v) is 3.85. The summed E-state index contributed by atoms with van der Waals surface area (Å²) in [4.78, 5) is 10.6. The number of fused-ring (bicyclic) bond motifs is 1. The molecule has 6 nitrogen and oxygen atoms in total. The van der Waals surface area contributed by atoms with Crippen LogP contribution < -0.4 is 10.5 Å². The van der Waals surface area contributed by atoms with Gasteiger partial charge in [-0.05, 0) is 18.2 Å². The molecule has 2 N–H and O–H groups in total. The highest BCUT2D eigenvalue weighted by molar-refractivity contribution is 5.88. The van der Waals surface area contributed by atoms with Gasteiger partial charge in [-0.15, -0.1) is 0 Å². The van der Waals surface area contributed by atoms with E-state index >= 15 is 0 Å². The van der Waals surface area contributed by atoms with Crippen LogP contribution in [0, 0.1) is 11.3 Å². The second-order valence-electron chi connectivity index (χ2n) is 3.85. The monoisotopic (exact) mass is 259 g/mol. The third-order valence-electron chi connectivity index (χ3n) is 2.80. The van der Waals surface area contributed by atoms with Gasteiger partial charge < -0.3 is 19.8 Å². The van der Waals surface area contributed by atoms with E-state index in [-0.39, 0.29) is 6.61 Å². The standard InChI is InChI=1S/C13H13N3O3/c1-18-12-4-2-3-11-10(12)7-9(8-14)16(11)5-6-19-13(15)17/h2-4,7H,5-6H2,1H3,(H2,15,17). The third-order valence-corrected chi connectivity index (χ3v) is 2.80. The molecule has 0 saturated heterocycles. The Morgan fingerprint density at radius 2 is 2.32 bits per heavy atom. The molecule has 0 aliphatic carbocycles. The number of aromatic nitrogens is 1. The predicted molar refractivity (Wildman–Crippen MR) is 68.7 cm³/mol. The summed E-state index contributed by atoms with van der Waals surface area (Å²) in [5.74, 6) is 0.698. The zero-order valence-electron chi connectivity index (χ0n) is 10.4. The molecule has 1 heterocycles. The molecule has 6 heteroatoms. The van der Waals surface area contributed by atoms with Crippen molar-refractivity contribution in [3.8, 4) is 11.8 Å². The lowest BCUT2D eigenvalue weighted by molar-refractivity contribution is 0.152. The summed E-state index contributed by atoms with van der Waals surface area (Å²) in [6, 6.07) is 9.40. The van der Waals surface area contributed by atoms with Gasteiger partial charge in [0.25, 0.3) is 0 Å². The molecule has 1 aromatic carbocycles. The molecule has 1 amide bonds. The molecule has 0 spiro atoms. The van der Waals surface area contributed by atoms with Gasteiger partial charge in [0, 0.05) is 5.39 Å². The predicted octanol–water partition coefficient (Wildman–Crippen LogP) is 1.62. The van der Waals surface area contributed by atoms with E-state index in [9.17, 15) is 4.79 Å². The number of benzene rings is 1. The van der Waals surface area contributed by atoms with Gasteiger partial charge in [0.05, 0.1) is 19.2 Å². The van der Waals surface area contributed by atoms with Crippen molar-refractivity contribution in [3.63, 3.8) is 0 Å². The van der Waals surface area contributed by atoms with Crippen molar-refractivity contribution in [2.75, 3.05) is 13.7 Å². The Labute approximate surface area is 109 Å². The molecule has 0 unspecified atom stereocenters. The number of nitrogens with two attached hydrogens (primary N) is 1. The zero-order valence-corrected chi connectivity index (χ0v) is 10.4. The van der Waals surface area contributed by atoms with E-state index in [4.69, 9.17) is 20.5 Å². The Morgan fingerprint density at radius 3 is 2.95 bits per heavy atom. The molecule has 0 fully saturated rings. The van der Waals surface area contributed by atoms with Gasteiger partial charge in [0.2, 0.25) is 0 Å². The average molecular weight is 259 g/mol. The van der Waals surface area contributed by atoms with Crippen LogP contribution in [0.25, 0.3) is 10.9 Å². The van der Waals surface area contributed by atoms with Crippen LogP contribution in [0.2, 0.25) is 0 Å². The SMILES string of the molecule is COc1cccc2c1cc(C#N)n2CCOC(N)=O. The van der Waals surface area contributed by atoms with Crippen LogP contribution in [-0.2, 0) is 11.3 Å². The smallest absolute Gasteiger partial charge is 0.404 e. The minimum Gasteiger partial charge on any atom is -0.496 e. The lowest BCUT2D eigenvalue weighted by Crippen LogP contribution is -2.17. The Bertz CT molecular complexity index is 655. The minimum atomic E-state index is -0.826. The maximum atomic E-state index is 10.6. The van der Waals surface area contributed by atoms with Gasteiger partial charge in [-0.2, -0.15) is 5.26 Å². The van der Waals surface area contributed by atoms with Crippen molar-refractivity contribution >= 4 is 17.0 Å².